The third-order valence-electron chi connectivity index (χ3n) is 3.27. The monoisotopic (exact) mass is 341 g/mol. The van der Waals surface area contributed by atoms with E-state index in [9.17, 15) is 13.2 Å². The van der Waals surface area contributed by atoms with Gasteiger partial charge in [0.1, 0.15) is 4.21 Å². The molecule has 0 spiro atoms. The molecule has 0 radical (unpaired) electrons. The molecule has 8 heteroatoms. The van der Waals surface area contributed by atoms with Crippen LogP contribution in [-0.2, 0) is 16.6 Å². The first-order chi connectivity index (χ1) is 10.4. The molecule has 2 aromatic rings. The van der Waals surface area contributed by atoms with Gasteiger partial charge < -0.3 is 0 Å². The molecule has 0 bridgehead atoms. The van der Waals surface area contributed by atoms with E-state index in [0.717, 1.165) is 17.8 Å². The Kier molecular flexibility index (Phi) is 5.15. The first-order valence-corrected chi connectivity index (χ1v) is 9.43. The molecule has 0 aliphatic heterocycles. The van der Waals surface area contributed by atoms with Crippen molar-refractivity contribution in [2.75, 3.05) is 0 Å². The lowest BCUT2D eigenvalue weighted by Crippen LogP contribution is -2.31. The summed E-state index contributed by atoms with van der Waals surface area (Å²) >= 11 is 1.14. The van der Waals surface area contributed by atoms with Gasteiger partial charge in [-0.25, -0.2) is 17.8 Å². The number of thiophene rings is 1. The minimum Gasteiger partial charge on any atom is -0.268 e. The van der Waals surface area contributed by atoms with Crippen molar-refractivity contribution in [3.8, 4) is 11.3 Å². The fraction of sp³-hybridized carbons (Fsp3) is 0.429. The Labute approximate surface area is 133 Å². The maximum atomic E-state index is 12.2. The largest absolute Gasteiger partial charge is 0.268 e. The molecule has 22 heavy (non-hydrogen) atoms. The third-order valence-corrected chi connectivity index (χ3v) is 6.30. The van der Waals surface area contributed by atoms with Crippen LogP contribution < -0.4 is 10.3 Å². The van der Waals surface area contributed by atoms with Gasteiger partial charge in [0.25, 0.3) is 5.56 Å². The van der Waals surface area contributed by atoms with Crippen molar-refractivity contribution in [2.24, 2.45) is 0 Å². The van der Waals surface area contributed by atoms with Gasteiger partial charge in [0.2, 0.25) is 10.0 Å². The second kappa shape index (κ2) is 6.72. The van der Waals surface area contributed by atoms with Crippen LogP contribution in [0.1, 0.15) is 27.2 Å². The highest BCUT2D eigenvalue weighted by atomic mass is 32.2. The highest BCUT2D eigenvalue weighted by Crippen LogP contribution is 2.27. The Hall–Kier alpha value is -1.51. The Morgan fingerprint density at radius 3 is 2.73 bits per heavy atom. The second-order valence-electron chi connectivity index (χ2n) is 4.96. The summed E-state index contributed by atoms with van der Waals surface area (Å²) in [7, 11) is -3.51. The molecule has 2 rings (SSSR count). The van der Waals surface area contributed by atoms with Gasteiger partial charge in [0.15, 0.2) is 0 Å². The maximum absolute atomic E-state index is 12.2. The lowest BCUT2D eigenvalue weighted by Gasteiger charge is -2.10. The van der Waals surface area contributed by atoms with E-state index in [4.69, 9.17) is 0 Å². The molecule has 0 saturated heterocycles. The van der Waals surface area contributed by atoms with Crippen LogP contribution in [-0.4, -0.2) is 24.2 Å². The van der Waals surface area contributed by atoms with E-state index in [1.54, 1.807) is 17.5 Å². The average Bonchev–Trinajstić information content (AvgIpc) is 2.98. The highest BCUT2D eigenvalue weighted by molar-refractivity contribution is 7.91. The number of nitrogens with one attached hydrogen (secondary N) is 1. The standard InChI is InChI=1S/C14H19N3O3S2/c1-4-10(3)16-22(19,20)14-8-11(9-21-14)12-6-7-13(18)17(5-2)15-12/h6-10,16H,4-5H2,1-3H3/t10-/m0/s1. The van der Waals surface area contributed by atoms with Crippen molar-refractivity contribution in [3.05, 3.63) is 33.9 Å². The van der Waals surface area contributed by atoms with Crippen molar-refractivity contribution >= 4 is 21.4 Å². The van der Waals surface area contributed by atoms with Crippen molar-refractivity contribution < 1.29 is 8.42 Å². The predicted octanol–water partition coefficient (Wildman–Crippen LogP) is 2.07. The summed E-state index contributed by atoms with van der Waals surface area (Å²) in [5.74, 6) is 0. The zero-order valence-corrected chi connectivity index (χ0v) is 14.4. The van der Waals surface area contributed by atoms with Crippen molar-refractivity contribution in [3.63, 3.8) is 0 Å². The molecule has 1 atom stereocenters. The zero-order chi connectivity index (χ0) is 16.3. The van der Waals surface area contributed by atoms with Gasteiger partial charge in [0, 0.05) is 29.6 Å². The van der Waals surface area contributed by atoms with E-state index in [0.29, 0.717) is 17.8 Å². The number of aromatic nitrogens is 2. The van der Waals surface area contributed by atoms with E-state index >= 15 is 0 Å². The van der Waals surface area contributed by atoms with Gasteiger partial charge in [-0.2, -0.15) is 5.10 Å². The summed E-state index contributed by atoms with van der Waals surface area (Å²) in [5.41, 5.74) is 1.10. The molecule has 0 saturated carbocycles. The molecule has 0 fully saturated rings. The van der Waals surface area contributed by atoms with Gasteiger partial charge in [-0.15, -0.1) is 11.3 Å². The van der Waals surface area contributed by atoms with Crippen molar-refractivity contribution in [1.82, 2.24) is 14.5 Å². The van der Waals surface area contributed by atoms with E-state index in [1.165, 1.54) is 10.7 Å². The van der Waals surface area contributed by atoms with Crippen LogP contribution in [0.4, 0.5) is 0 Å². The van der Waals surface area contributed by atoms with E-state index in [-0.39, 0.29) is 15.8 Å². The number of nitrogens with zero attached hydrogens (tertiary/aromatic N) is 2. The quantitative estimate of drug-likeness (QED) is 0.872. The fourth-order valence-corrected chi connectivity index (χ4v) is 4.34. The topological polar surface area (TPSA) is 81.1 Å². The predicted molar refractivity (Wildman–Crippen MR) is 87.6 cm³/mol. The van der Waals surface area contributed by atoms with Crippen LogP contribution in [0.5, 0.6) is 0 Å². The molecule has 0 unspecified atom stereocenters. The molecule has 2 aromatic heterocycles. The Morgan fingerprint density at radius 1 is 1.36 bits per heavy atom. The van der Waals surface area contributed by atoms with E-state index in [2.05, 4.69) is 9.82 Å². The lowest BCUT2D eigenvalue weighted by molar-refractivity contribution is 0.558. The third kappa shape index (κ3) is 3.63. The smallest absolute Gasteiger partial charge is 0.266 e. The van der Waals surface area contributed by atoms with Crippen LogP contribution in [0.3, 0.4) is 0 Å². The lowest BCUT2D eigenvalue weighted by atomic mass is 10.2. The Morgan fingerprint density at radius 2 is 2.09 bits per heavy atom. The molecule has 6 nitrogen and oxygen atoms in total. The summed E-state index contributed by atoms with van der Waals surface area (Å²) in [6.07, 6.45) is 0.723. The molecular weight excluding hydrogens is 322 g/mol. The summed E-state index contributed by atoms with van der Waals surface area (Å²) in [6.45, 7) is 6.05. The van der Waals surface area contributed by atoms with Gasteiger partial charge >= 0.3 is 0 Å². The van der Waals surface area contributed by atoms with Crippen LogP contribution >= 0.6 is 11.3 Å². The molecule has 0 aliphatic carbocycles. The maximum Gasteiger partial charge on any atom is 0.266 e. The summed E-state index contributed by atoms with van der Waals surface area (Å²) in [4.78, 5) is 11.5. The van der Waals surface area contributed by atoms with Crippen molar-refractivity contribution in [2.45, 2.75) is 44.0 Å². The Bertz CT molecular complexity index is 809. The summed E-state index contributed by atoms with van der Waals surface area (Å²) in [6, 6.07) is 4.52. The zero-order valence-electron chi connectivity index (χ0n) is 12.7. The van der Waals surface area contributed by atoms with Gasteiger partial charge in [0.05, 0.1) is 5.69 Å². The Balaban J connectivity index is 2.34. The minimum atomic E-state index is -3.51. The first-order valence-electron chi connectivity index (χ1n) is 7.06. The second-order valence-corrected chi connectivity index (χ2v) is 7.81. The number of rotatable bonds is 6. The van der Waals surface area contributed by atoms with Crippen LogP contribution in [0.15, 0.2) is 32.6 Å². The number of hydrogen-bond acceptors (Lipinski definition) is 5. The van der Waals surface area contributed by atoms with Gasteiger partial charge in [-0.1, -0.05) is 6.92 Å². The first kappa shape index (κ1) is 16.9. The van der Waals surface area contributed by atoms with Crippen LogP contribution in [0.25, 0.3) is 11.3 Å². The van der Waals surface area contributed by atoms with Crippen LogP contribution in [0.2, 0.25) is 0 Å². The SMILES string of the molecule is CC[C@H](C)NS(=O)(=O)c1cc(-c2ccc(=O)n(CC)n2)cs1. The average molecular weight is 341 g/mol. The molecule has 1 N–H and O–H groups in total. The molecule has 0 aromatic carbocycles. The summed E-state index contributed by atoms with van der Waals surface area (Å²) < 4.78 is 28.7. The molecule has 120 valence electrons. The van der Waals surface area contributed by atoms with Crippen molar-refractivity contribution in [1.29, 1.82) is 0 Å². The molecule has 2 heterocycles. The molecular formula is C14H19N3O3S2. The highest BCUT2D eigenvalue weighted by Gasteiger charge is 2.19. The van der Waals surface area contributed by atoms with E-state index < -0.39 is 10.0 Å². The van der Waals surface area contributed by atoms with Crippen LogP contribution in [0, 0.1) is 0 Å². The summed E-state index contributed by atoms with van der Waals surface area (Å²) in [5, 5.41) is 5.96. The normalized spacial score (nSPS) is 13.2. The van der Waals surface area contributed by atoms with E-state index in [1.807, 2.05) is 20.8 Å². The molecule has 0 aliphatic rings. The molecule has 0 amide bonds. The number of sulfonamides is 1. The fourth-order valence-electron chi connectivity index (χ4n) is 1.83. The number of hydrogen-bond donors (Lipinski definition) is 1. The minimum absolute atomic E-state index is 0.115. The van der Waals surface area contributed by atoms with Gasteiger partial charge in [-0.3, -0.25) is 4.79 Å². The number of aryl methyl sites for hydroxylation is 1. The van der Waals surface area contributed by atoms with Gasteiger partial charge in [-0.05, 0) is 32.4 Å².